The maximum Gasteiger partial charge on any atom is 0.323 e. The number of hydrogen-bond donors (Lipinski definition) is 1. The zero-order chi connectivity index (χ0) is 20.8. The quantitative estimate of drug-likeness (QED) is 0.605. The Hall–Kier alpha value is -3.13. The van der Waals surface area contributed by atoms with Gasteiger partial charge in [-0.05, 0) is 42.0 Å². The molecule has 2 heterocycles. The van der Waals surface area contributed by atoms with E-state index in [1.807, 2.05) is 35.7 Å². The van der Waals surface area contributed by atoms with Crippen LogP contribution in [0.1, 0.15) is 18.4 Å². The molecular weight excluding hydrogens is 405 g/mol. The number of amides is 2. The second kappa shape index (κ2) is 9.58. The highest BCUT2D eigenvalue weighted by Crippen LogP contribution is 2.23. The summed E-state index contributed by atoms with van der Waals surface area (Å²) in [5, 5.41) is 5.24. The molecule has 156 valence electrons. The van der Waals surface area contributed by atoms with Crippen LogP contribution in [0.5, 0.6) is 11.5 Å². The second-order valence-electron chi connectivity index (χ2n) is 6.96. The van der Waals surface area contributed by atoms with E-state index < -0.39 is 0 Å². The molecule has 1 aliphatic rings. The predicted molar refractivity (Wildman–Crippen MR) is 114 cm³/mol. The fourth-order valence-corrected chi connectivity index (χ4v) is 3.75. The van der Waals surface area contributed by atoms with Gasteiger partial charge in [0.2, 0.25) is 0 Å². The topological polar surface area (TPSA) is 63.7 Å². The van der Waals surface area contributed by atoms with Crippen molar-refractivity contribution in [3.05, 3.63) is 71.5 Å². The number of nitrogens with one attached hydrogen (secondary N) is 1. The van der Waals surface area contributed by atoms with Crippen LogP contribution in [0.2, 0.25) is 0 Å². The summed E-state index contributed by atoms with van der Waals surface area (Å²) in [6, 6.07) is 13.6. The van der Waals surface area contributed by atoms with E-state index in [0.717, 1.165) is 24.2 Å². The predicted octanol–water partition coefficient (Wildman–Crippen LogP) is 4.94. The van der Waals surface area contributed by atoms with Gasteiger partial charge >= 0.3 is 6.03 Å². The number of piperidine rings is 1. The highest BCUT2D eigenvalue weighted by Gasteiger charge is 2.24. The van der Waals surface area contributed by atoms with Crippen LogP contribution in [0.4, 0.5) is 14.3 Å². The average molecular weight is 428 g/mol. The Labute approximate surface area is 178 Å². The second-order valence-corrected chi connectivity index (χ2v) is 7.86. The first kappa shape index (κ1) is 20.2. The number of urea groups is 1. The van der Waals surface area contributed by atoms with E-state index >= 15 is 0 Å². The number of thiazole rings is 1. The first-order valence-electron chi connectivity index (χ1n) is 9.75. The summed E-state index contributed by atoms with van der Waals surface area (Å²) in [6.45, 7) is 1.58. The fraction of sp³-hybridized carbons (Fsp3) is 0.273. The number of hydrogen-bond acceptors (Lipinski definition) is 5. The van der Waals surface area contributed by atoms with Crippen LogP contribution in [0, 0.1) is 5.82 Å². The van der Waals surface area contributed by atoms with Crippen molar-refractivity contribution in [3.63, 3.8) is 0 Å². The van der Waals surface area contributed by atoms with E-state index in [2.05, 4.69) is 10.3 Å². The third-order valence-electron chi connectivity index (χ3n) is 4.80. The molecule has 3 aromatic rings. The normalized spacial score (nSPS) is 14.4. The van der Waals surface area contributed by atoms with Gasteiger partial charge in [-0.3, -0.25) is 5.32 Å². The number of nitrogens with zero attached hydrogens (tertiary/aromatic N) is 2. The Morgan fingerprint density at radius 2 is 1.93 bits per heavy atom. The Balaban J connectivity index is 1.22. The van der Waals surface area contributed by atoms with Crippen molar-refractivity contribution in [1.29, 1.82) is 0 Å². The van der Waals surface area contributed by atoms with E-state index in [4.69, 9.17) is 9.47 Å². The van der Waals surface area contributed by atoms with Crippen molar-refractivity contribution in [2.75, 3.05) is 18.4 Å². The molecule has 1 aliphatic heterocycles. The maximum atomic E-state index is 13.2. The molecule has 1 saturated heterocycles. The summed E-state index contributed by atoms with van der Waals surface area (Å²) in [6.07, 6.45) is 3.26. The minimum absolute atomic E-state index is 0.0629. The van der Waals surface area contributed by atoms with Gasteiger partial charge < -0.3 is 14.4 Å². The summed E-state index contributed by atoms with van der Waals surface area (Å²) in [5.41, 5.74) is 0.779. The van der Waals surface area contributed by atoms with Crippen molar-refractivity contribution in [2.45, 2.75) is 25.6 Å². The number of rotatable bonds is 6. The molecule has 0 saturated carbocycles. The van der Waals surface area contributed by atoms with Crippen LogP contribution in [0.25, 0.3) is 0 Å². The summed E-state index contributed by atoms with van der Waals surface area (Å²) >= 11 is 1.40. The monoisotopic (exact) mass is 427 g/mol. The Bertz CT molecular complexity index is 958. The summed E-state index contributed by atoms with van der Waals surface area (Å²) in [5.74, 6) is 1.19. The lowest BCUT2D eigenvalue weighted by atomic mass is 10.1. The number of anilines is 1. The van der Waals surface area contributed by atoms with Gasteiger partial charge in [-0.2, -0.15) is 0 Å². The van der Waals surface area contributed by atoms with Gasteiger partial charge in [-0.1, -0.05) is 12.1 Å². The first-order valence-corrected chi connectivity index (χ1v) is 10.6. The molecule has 0 atom stereocenters. The van der Waals surface area contributed by atoms with Gasteiger partial charge in [-0.25, -0.2) is 14.2 Å². The molecular formula is C22H22FN3O3S. The molecule has 8 heteroatoms. The van der Waals surface area contributed by atoms with Crippen LogP contribution in [0.15, 0.2) is 60.1 Å². The standard InChI is InChI=1S/C22H22FN3O3S/c23-17-3-1-2-16(14-17)15-28-18-4-6-19(7-5-18)29-20-8-11-26(12-9-20)22(27)25-21-24-10-13-30-21/h1-7,10,13-14,20H,8-9,11-12,15H2,(H,24,25,27). The number of carbonyl (C=O) groups is 1. The molecule has 2 aromatic carbocycles. The van der Waals surface area contributed by atoms with Gasteiger partial charge in [0.15, 0.2) is 5.13 Å². The van der Waals surface area contributed by atoms with Gasteiger partial charge in [0, 0.05) is 37.5 Å². The van der Waals surface area contributed by atoms with Crippen LogP contribution < -0.4 is 14.8 Å². The zero-order valence-electron chi connectivity index (χ0n) is 16.3. The number of carbonyl (C=O) groups excluding carboxylic acids is 1. The molecule has 0 bridgehead atoms. The summed E-state index contributed by atoms with van der Waals surface area (Å²) < 4.78 is 25.0. The van der Waals surface area contributed by atoms with E-state index in [1.165, 1.54) is 23.5 Å². The van der Waals surface area contributed by atoms with Crippen LogP contribution >= 0.6 is 11.3 Å². The lowest BCUT2D eigenvalue weighted by Gasteiger charge is -2.32. The summed E-state index contributed by atoms with van der Waals surface area (Å²) in [4.78, 5) is 18.1. The molecule has 4 rings (SSSR count). The lowest BCUT2D eigenvalue weighted by Crippen LogP contribution is -2.43. The molecule has 0 unspecified atom stereocenters. The number of halogens is 1. The van der Waals surface area contributed by atoms with Gasteiger partial charge in [0.25, 0.3) is 0 Å². The Morgan fingerprint density at radius 1 is 1.17 bits per heavy atom. The van der Waals surface area contributed by atoms with Crippen molar-refractivity contribution in [3.8, 4) is 11.5 Å². The van der Waals surface area contributed by atoms with E-state index in [0.29, 0.717) is 30.6 Å². The van der Waals surface area contributed by atoms with E-state index in [9.17, 15) is 9.18 Å². The first-order chi connectivity index (χ1) is 14.7. The van der Waals surface area contributed by atoms with Crippen molar-refractivity contribution >= 4 is 22.5 Å². The van der Waals surface area contributed by atoms with Crippen molar-refractivity contribution < 1.29 is 18.7 Å². The Kier molecular flexibility index (Phi) is 6.44. The molecule has 0 radical (unpaired) electrons. The number of aromatic nitrogens is 1. The molecule has 0 spiro atoms. The SMILES string of the molecule is O=C(Nc1nccs1)N1CCC(Oc2ccc(OCc3cccc(F)c3)cc2)CC1. The molecule has 1 fully saturated rings. The van der Waals surface area contributed by atoms with E-state index in [1.54, 1.807) is 17.2 Å². The van der Waals surface area contributed by atoms with Crippen LogP contribution in [0.3, 0.4) is 0 Å². The average Bonchev–Trinajstić information content (AvgIpc) is 3.27. The molecule has 6 nitrogen and oxygen atoms in total. The number of benzene rings is 2. The van der Waals surface area contributed by atoms with Crippen LogP contribution in [-0.2, 0) is 6.61 Å². The maximum absolute atomic E-state index is 13.2. The third-order valence-corrected chi connectivity index (χ3v) is 5.48. The zero-order valence-corrected chi connectivity index (χ0v) is 17.1. The van der Waals surface area contributed by atoms with Gasteiger partial charge in [-0.15, -0.1) is 11.3 Å². The smallest absolute Gasteiger partial charge is 0.323 e. The van der Waals surface area contributed by atoms with Crippen molar-refractivity contribution in [2.24, 2.45) is 0 Å². The minimum Gasteiger partial charge on any atom is -0.490 e. The van der Waals surface area contributed by atoms with Gasteiger partial charge in [0.1, 0.15) is 30.0 Å². The number of ether oxygens (including phenoxy) is 2. The molecule has 2 amide bonds. The highest BCUT2D eigenvalue weighted by atomic mass is 32.1. The third kappa shape index (κ3) is 5.48. The Morgan fingerprint density at radius 3 is 2.63 bits per heavy atom. The van der Waals surface area contributed by atoms with E-state index in [-0.39, 0.29) is 18.0 Å². The molecule has 1 aromatic heterocycles. The molecule has 1 N–H and O–H groups in total. The molecule has 0 aliphatic carbocycles. The highest BCUT2D eigenvalue weighted by molar-refractivity contribution is 7.13. The fourth-order valence-electron chi connectivity index (χ4n) is 3.23. The number of likely N-dealkylation sites (tertiary alicyclic amines) is 1. The molecule has 30 heavy (non-hydrogen) atoms. The van der Waals surface area contributed by atoms with Gasteiger partial charge in [0.05, 0.1) is 0 Å². The van der Waals surface area contributed by atoms with Crippen LogP contribution in [-0.4, -0.2) is 35.1 Å². The lowest BCUT2D eigenvalue weighted by molar-refractivity contribution is 0.115. The minimum atomic E-state index is -0.272. The van der Waals surface area contributed by atoms with Crippen molar-refractivity contribution in [1.82, 2.24) is 9.88 Å². The summed E-state index contributed by atoms with van der Waals surface area (Å²) in [7, 11) is 0. The largest absolute Gasteiger partial charge is 0.490 e.